The first kappa shape index (κ1) is 35.3. The van der Waals surface area contributed by atoms with Gasteiger partial charge in [-0.15, -0.1) is 6.42 Å². The molecule has 234 valence electrons. The molecule has 1 heterocycles. The normalized spacial score (nSPS) is 11.2. The number of hydrogen-bond acceptors (Lipinski definition) is 9. The van der Waals surface area contributed by atoms with Crippen LogP contribution in [0.25, 0.3) is 11.0 Å². The third-order valence-electron chi connectivity index (χ3n) is 6.07. The molecule has 0 aliphatic heterocycles. The number of hydrogen-bond donors (Lipinski definition) is 0. The molecule has 10 nitrogen and oxygen atoms in total. The summed E-state index contributed by atoms with van der Waals surface area (Å²) in [4.78, 5) is 17.0. The zero-order valence-electron chi connectivity index (χ0n) is 24.9. The van der Waals surface area contributed by atoms with Gasteiger partial charge in [0.25, 0.3) is 0 Å². The number of fused-ring (bicyclic) bond motifs is 1. The highest BCUT2D eigenvalue weighted by molar-refractivity contribution is 5.75. The van der Waals surface area contributed by atoms with Crippen molar-refractivity contribution in [1.29, 1.82) is 0 Å². The Kier molecular flexibility index (Phi) is 19.1. The third-order valence-corrected chi connectivity index (χ3v) is 6.07. The van der Waals surface area contributed by atoms with E-state index in [9.17, 15) is 9.18 Å². The van der Waals surface area contributed by atoms with Gasteiger partial charge in [-0.05, 0) is 31.9 Å². The largest absolute Gasteiger partial charge is 0.379 e. The fraction of sp³-hybridized carbons (Fsp3) is 0.613. The van der Waals surface area contributed by atoms with Crippen molar-refractivity contribution in [1.82, 2.24) is 14.5 Å². The lowest BCUT2D eigenvalue weighted by molar-refractivity contribution is -0.129. The predicted molar refractivity (Wildman–Crippen MR) is 159 cm³/mol. The van der Waals surface area contributed by atoms with Crippen molar-refractivity contribution in [2.45, 2.75) is 39.3 Å². The fourth-order valence-electron chi connectivity index (χ4n) is 3.92. The molecule has 0 N–H and O–H groups in total. The molecule has 0 saturated carbocycles. The molecule has 0 radical (unpaired) electrons. The first-order chi connectivity index (χ1) is 20.5. The molecule has 0 aliphatic carbocycles. The Morgan fingerprint density at radius 3 is 1.95 bits per heavy atom. The Morgan fingerprint density at radius 2 is 1.40 bits per heavy atom. The molecule has 0 bridgehead atoms. The summed E-state index contributed by atoms with van der Waals surface area (Å²) in [5.74, 6) is 3.61. The van der Waals surface area contributed by atoms with E-state index in [-0.39, 0.29) is 6.42 Å². The van der Waals surface area contributed by atoms with E-state index in [0.29, 0.717) is 105 Å². The zero-order chi connectivity index (χ0) is 30.3. The van der Waals surface area contributed by atoms with Crippen LogP contribution in [0.1, 0.15) is 32.0 Å². The van der Waals surface area contributed by atoms with E-state index >= 15 is 0 Å². The van der Waals surface area contributed by atoms with Gasteiger partial charge in [0.15, 0.2) is 0 Å². The Morgan fingerprint density at radius 1 is 0.881 bits per heavy atom. The summed E-state index contributed by atoms with van der Waals surface area (Å²) in [7, 11) is 0. The van der Waals surface area contributed by atoms with Crippen LogP contribution in [0.4, 0.5) is 4.39 Å². The predicted octanol–water partition coefficient (Wildman–Crippen LogP) is 3.77. The van der Waals surface area contributed by atoms with Crippen LogP contribution in [0, 0.1) is 12.3 Å². The topological polar surface area (TPSA) is 93.5 Å². The van der Waals surface area contributed by atoms with Crippen molar-refractivity contribution in [2.75, 3.05) is 85.8 Å². The second-order valence-electron chi connectivity index (χ2n) is 9.45. The average molecular weight is 592 g/mol. The van der Waals surface area contributed by atoms with Gasteiger partial charge >= 0.3 is 6.04 Å². The number of ether oxygens (including phenoxy) is 6. The fourth-order valence-corrected chi connectivity index (χ4v) is 3.92. The highest BCUT2D eigenvalue weighted by atomic mass is 19.1. The maximum Gasteiger partial charge on any atom is 0.301 e. The van der Waals surface area contributed by atoms with Gasteiger partial charge in [-0.1, -0.05) is 24.6 Å². The third kappa shape index (κ3) is 15.4. The molecule has 2 rings (SSSR count). The zero-order valence-corrected chi connectivity index (χ0v) is 24.9. The maximum atomic E-state index is 12.0. The minimum Gasteiger partial charge on any atom is -0.379 e. The number of carbonyl (C=O) groups excluding carboxylic acids is 1. The van der Waals surface area contributed by atoms with Crippen LogP contribution in [0.2, 0.25) is 0 Å². The SMILES string of the molecule is C#CCN(Cc1nc2ccccc2n1CCOCCOCCOCCCOCCOCCOCCCC(=O)F)C(=C)C. The van der Waals surface area contributed by atoms with Crippen molar-refractivity contribution >= 4 is 17.1 Å². The van der Waals surface area contributed by atoms with Crippen LogP contribution < -0.4 is 0 Å². The number of halogens is 1. The first-order valence-corrected chi connectivity index (χ1v) is 14.5. The number of nitrogens with zero attached hydrogens (tertiary/aromatic N) is 3. The number of terminal acetylenes is 1. The number of benzene rings is 1. The molecule has 1 aromatic carbocycles. The summed E-state index contributed by atoms with van der Waals surface area (Å²) < 4.78 is 47.3. The number of imidazole rings is 1. The van der Waals surface area contributed by atoms with E-state index in [1.54, 1.807) is 0 Å². The van der Waals surface area contributed by atoms with Gasteiger partial charge in [0, 0.05) is 38.5 Å². The molecule has 0 fully saturated rings. The smallest absolute Gasteiger partial charge is 0.301 e. The van der Waals surface area contributed by atoms with Crippen LogP contribution in [-0.4, -0.2) is 106 Å². The Balaban J connectivity index is 1.43. The summed E-state index contributed by atoms with van der Waals surface area (Å²) in [6.45, 7) is 13.7. The molecule has 0 amide bonds. The van der Waals surface area contributed by atoms with Gasteiger partial charge in [-0.2, -0.15) is 4.39 Å². The van der Waals surface area contributed by atoms with E-state index in [2.05, 4.69) is 23.1 Å². The number of carbonyl (C=O) groups is 1. The van der Waals surface area contributed by atoms with Gasteiger partial charge in [-0.25, -0.2) is 4.98 Å². The Labute approximate surface area is 249 Å². The number of aromatic nitrogens is 2. The highest BCUT2D eigenvalue weighted by Gasteiger charge is 2.14. The lowest BCUT2D eigenvalue weighted by atomic mass is 10.3. The van der Waals surface area contributed by atoms with Gasteiger partial charge < -0.3 is 37.9 Å². The summed E-state index contributed by atoms with van der Waals surface area (Å²) in [6, 6.07) is 6.76. The molecular formula is C31H46FN3O7. The molecule has 0 atom stereocenters. The molecule has 0 unspecified atom stereocenters. The molecular weight excluding hydrogens is 545 g/mol. The molecule has 0 spiro atoms. The average Bonchev–Trinajstić information content (AvgIpc) is 3.32. The number of rotatable bonds is 27. The highest BCUT2D eigenvalue weighted by Crippen LogP contribution is 2.18. The van der Waals surface area contributed by atoms with E-state index < -0.39 is 6.04 Å². The minimum absolute atomic E-state index is 0.0979. The standard InChI is InChI=1S/C31H46FN3O7/c1-4-12-34(27(2)3)26-31-33-28-9-5-6-10-29(28)35(31)13-17-40-21-25-42-24-20-39-16-8-15-38-19-23-41-22-18-37-14-7-11-30(32)36/h1,5-6,9-10H,2,7-8,11-26H2,3H3. The monoisotopic (exact) mass is 591 g/mol. The van der Waals surface area contributed by atoms with Crippen molar-refractivity contribution in [3.63, 3.8) is 0 Å². The van der Waals surface area contributed by atoms with Crippen LogP contribution in [0.5, 0.6) is 0 Å². The summed E-state index contributed by atoms with van der Waals surface area (Å²) in [5.41, 5.74) is 2.92. The summed E-state index contributed by atoms with van der Waals surface area (Å²) >= 11 is 0. The second kappa shape index (κ2) is 22.7. The van der Waals surface area contributed by atoms with E-state index in [4.69, 9.17) is 39.8 Å². The quantitative estimate of drug-likeness (QED) is 0.0875. The minimum atomic E-state index is -1.31. The summed E-state index contributed by atoms with van der Waals surface area (Å²) in [5, 5.41) is 0. The first-order valence-electron chi connectivity index (χ1n) is 14.5. The van der Waals surface area contributed by atoms with Crippen LogP contribution in [0.3, 0.4) is 0 Å². The van der Waals surface area contributed by atoms with Crippen molar-refractivity contribution in [3.8, 4) is 12.3 Å². The molecule has 0 aliphatic rings. The van der Waals surface area contributed by atoms with E-state index in [0.717, 1.165) is 29.0 Å². The maximum absolute atomic E-state index is 12.0. The summed E-state index contributed by atoms with van der Waals surface area (Å²) in [6.07, 6.45) is 6.61. The van der Waals surface area contributed by atoms with Crippen molar-refractivity contribution in [2.24, 2.45) is 0 Å². The molecule has 2 aromatic rings. The van der Waals surface area contributed by atoms with Crippen molar-refractivity contribution in [3.05, 3.63) is 42.4 Å². The van der Waals surface area contributed by atoms with E-state index in [1.165, 1.54) is 0 Å². The van der Waals surface area contributed by atoms with Crippen molar-refractivity contribution < 1.29 is 37.6 Å². The Bertz CT molecular complexity index is 1070. The van der Waals surface area contributed by atoms with Gasteiger partial charge in [0.05, 0.1) is 83.6 Å². The number of para-hydroxylation sites is 2. The van der Waals surface area contributed by atoms with Crippen LogP contribution >= 0.6 is 0 Å². The van der Waals surface area contributed by atoms with E-state index in [1.807, 2.05) is 30.0 Å². The Hall–Kier alpha value is -2.85. The van der Waals surface area contributed by atoms with Gasteiger partial charge in [0.1, 0.15) is 5.82 Å². The number of allylic oxidation sites excluding steroid dienone is 1. The lowest BCUT2D eigenvalue weighted by Gasteiger charge is -2.22. The molecule has 0 saturated heterocycles. The van der Waals surface area contributed by atoms with Gasteiger partial charge in [0.2, 0.25) is 0 Å². The molecule has 42 heavy (non-hydrogen) atoms. The van der Waals surface area contributed by atoms with Gasteiger partial charge in [-0.3, -0.25) is 4.79 Å². The lowest BCUT2D eigenvalue weighted by Crippen LogP contribution is -2.24. The molecule has 11 heteroatoms. The molecule has 1 aromatic heterocycles. The van der Waals surface area contributed by atoms with Crippen LogP contribution in [-0.2, 0) is 46.3 Å². The second-order valence-corrected chi connectivity index (χ2v) is 9.45. The van der Waals surface area contributed by atoms with Crippen LogP contribution in [0.15, 0.2) is 36.5 Å².